The van der Waals surface area contributed by atoms with Crippen molar-refractivity contribution in [3.8, 4) is 0 Å². The van der Waals surface area contributed by atoms with E-state index in [1.165, 1.54) is 14.0 Å². The van der Waals surface area contributed by atoms with Crippen molar-refractivity contribution in [2.45, 2.75) is 25.9 Å². The van der Waals surface area contributed by atoms with Gasteiger partial charge in [-0.25, -0.2) is 4.79 Å². The first-order valence-electron chi connectivity index (χ1n) is 5.48. The zero-order valence-electron chi connectivity index (χ0n) is 10.6. The fourth-order valence-corrected chi connectivity index (χ4v) is 1.50. The van der Waals surface area contributed by atoms with Gasteiger partial charge in [-0.3, -0.25) is 4.68 Å². The molecule has 96 valence electrons. The molecule has 1 atom stereocenters. The number of esters is 1. The zero-order chi connectivity index (χ0) is 13.1. The van der Waals surface area contributed by atoms with E-state index in [1.54, 1.807) is 4.68 Å². The van der Waals surface area contributed by atoms with Gasteiger partial charge in [0.05, 0.1) is 25.0 Å². The maximum atomic E-state index is 11.3. The van der Waals surface area contributed by atoms with Gasteiger partial charge < -0.3 is 15.2 Å². The number of aryl methyl sites for hydroxylation is 2. The highest BCUT2D eigenvalue weighted by Crippen LogP contribution is 2.15. The summed E-state index contributed by atoms with van der Waals surface area (Å²) in [6, 6.07) is 0. The van der Waals surface area contributed by atoms with Gasteiger partial charge in [0.15, 0.2) is 5.60 Å². The van der Waals surface area contributed by atoms with Crippen LogP contribution in [0.3, 0.4) is 0 Å². The van der Waals surface area contributed by atoms with E-state index in [2.05, 4.69) is 15.2 Å². The highest BCUT2D eigenvalue weighted by atomic mass is 16.5. The standard InChI is InChI=1S/C11H19N3O3/c1-5-8-9(6-14(3)13-8)12-7-11(2,16)10(15)17-4/h6,12,16H,5,7H2,1-4H3. The molecular weight excluding hydrogens is 222 g/mol. The monoisotopic (exact) mass is 241 g/mol. The van der Waals surface area contributed by atoms with E-state index in [4.69, 9.17) is 0 Å². The van der Waals surface area contributed by atoms with Crippen LogP contribution >= 0.6 is 0 Å². The number of aliphatic hydroxyl groups is 1. The van der Waals surface area contributed by atoms with Crippen molar-refractivity contribution in [1.82, 2.24) is 9.78 Å². The third-order valence-corrected chi connectivity index (χ3v) is 2.49. The molecule has 0 aliphatic carbocycles. The number of nitrogens with one attached hydrogen (secondary N) is 1. The molecule has 1 rings (SSSR count). The van der Waals surface area contributed by atoms with E-state index >= 15 is 0 Å². The predicted octanol–water partition coefficient (Wildman–Crippen LogP) is 0.318. The second kappa shape index (κ2) is 5.18. The molecule has 0 saturated carbocycles. The number of hydrogen-bond acceptors (Lipinski definition) is 5. The Morgan fingerprint density at radius 3 is 2.88 bits per heavy atom. The Balaban J connectivity index is 2.69. The van der Waals surface area contributed by atoms with Crippen molar-refractivity contribution in [3.05, 3.63) is 11.9 Å². The van der Waals surface area contributed by atoms with Gasteiger partial charge in [-0.15, -0.1) is 0 Å². The van der Waals surface area contributed by atoms with Gasteiger partial charge in [0.2, 0.25) is 0 Å². The fourth-order valence-electron chi connectivity index (χ4n) is 1.50. The summed E-state index contributed by atoms with van der Waals surface area (Å²) in [4.78, 5) is 11.3. The lowest BCUT2D eigenvalue weighted by atomic mass is 10.1. The first-order chi connectivity index (χ1) is 7.90. The molecule has 6 heteroatoms. The molecule has 17 heavy (non-hydrogen) atoms. The van der Waals surface area contributed by atoms with Crippen LogP contribution < -0.4 is 5.32 Å². The SMILES string of the molecule is CCc1nn(C)cc1NCC(C)(O)C(=O)OC. The number of carbonyl (C=O) groups is 1. The van der Waals surface area contributed by atoms with Crippen molar-refractivity contribution >= 4 is 11.7 Å². The summed E-state index contributed by atoms with van der Waals surface area (Å²) < 4.78 is 6.20. The first kappa shape index (κ1) is 13.5. The summed E-state index contributed by atoms with van der Waals surface area (Å²) in [6.07, 6.45) is 2.59. The van der Waals surface area contributed by atoms with Gasteiger partial charge in [-0.05, 0) is 13.3 Å². The number of methoxy groups -OCH3 is 1. The van der Waals surface area contributed by atoms with Crippen molar-refractivity contribution in [3.63, 3.8) is 0 Å². The van der Waals surface area contributed by atoms with Crippen LogP contribution in [-0.4, -0.2) is 40.1 Å². The molecule has 0 aliphatic heterocycles. The van der Waals surface area contributed by atoms with Gasteiger partial charge in [-0.2, -0.15) is 5.10 Å². The molecule has 0 radical (unpaired) electrons. The molecule has 0 amide bonds. The molecule has 0 bridgehead atoms. The number of rotatable bonds is 5. The topological polar surface area (TPSA) is 76.4 Å². The van der Waals surface area contributed by atoms with Crippen LogP contribution in [0.2, 0.25) is 0 Å². The quantitative estimate of drug-likeness (QED) is 0.726. The lowest BCUT2D eigenvalue weighted by Crippen LogP contribution is -2.42. The van der Waals surface area contributed by atoms with Crippen molar-refractivity contribution in [1.29, 1.82) is 0 Å². The van der Waals surface area contributed by atoms with Crippen LogP contribution in [0.4, 0.5) is 5.69 Å². The smallest absolute Gasteiger partial charge is 0.339 e. The lowest BCUT2D eigenvalue weighted by molar-refractivity contribution is -0.158. The summed E-state index contributed by atoms with van der Waals surface area (Å²) in [6.45, 7) is 3.48. The summed E-state index contributed by atoms with van der Waals surface area (Å²) in [5.41, 5.74) is 0.169. The molecular formula is C11H19N3O3. The van der Waals surface area contributed by atoms with Crippen LogP contribution in [0.15, 0.2) is 6.20 Å². The molecule has 1 aromatic rings. The number of hydrogen-bond donors (Lipinski definition) is 2. The minimum atomic E-state index is -1.55. The molecule has 1 unspecified atom stereocenters. The normalized spacial score (nSPS) is 14.2. The molecule has 0 aliphatic rings. The van der Waals surface area contributed by atoms with E-state index in [0.717, 1.165) is 17.8 Å². The maximum absolute atomic E-state index is 11.3. The summed E-state index contributed by atoms with van der Waals surface area (Å²) in [5.74, 6) is -0.660. The number of anilines is 1. The highest BCUT2D eigenvalue weighted by molar-refractivity contribution is 5.79. The van der Waals surface area contributed by atoms with Gasteiger partial charge >= 0.3 is 5.97 Å². The highest BCUT2D eigenvalue weighted by Gasteiger charge is 2.31. The van der Waals surface area contributed by atoms with Gasteiger partial charge in [0, 0.05) is 13.2 Å². The summed E-state index contributed by atoms with van der Waals surface area (Å²) in [7, 11) is 3.07. The van der Waals surface area contributed by atoms with Gasteiger partial charge in [-0.1, -0.05) is 6.92 Å². The Morgan fingerprint density at radius 1 is 1.71 bits per heavy atom. The first-order valence-corrected chi connectivity index (χ1v) is 5.48. The lowest BCUT2D eigenvalue weighted by Gasteiger charge is -2.20. The van der Waals surface area contributed by atoms with Crippen LogP contribution in [0, 0.1) is 0 Å². The molecule has 0 aromatic carbocycles. The number of ether oxygens (including phenoxy) is 1. The van der Waals surface area contributed by atoms with Gasteiger partial charge in [0.25, 0.3) is 0 Å². The number of nitrogens with zero attached hydrogens (tertiary/aromatic N) is 2. The van der Waals surface area contributed by atoms with Gasteiger partial charge in [0.1, 0.15) is 0 Å². The average Bonchev–Trinajstić information content (AvgIpc) is 2.66. The third kappa shape index (κ3) is 3.20. The molecule has 6 nitrogen and oxygen atoms in total. The van der Waals surface area contributed by atoms with E-state index in [-0.39, 0.29) is 6.54 Å². The Kier molecular flexibility index (Phi) is 4.11. The summed E-state index contributed by atoms with van der Waals surface area (Å²) >= 11 is 0. The van der Waals surface area contributed by atoms with Crippen molar-refractivity contribution in [2.24, 2.45) is 7.05 Å². The Hall–Kier alpha value is -1.56. The second-order valence-electron chi connectivity index (χ2n) is 4.14. The van der Waals surface area contributed by atoms with Crippen LogP contribution in [0.5, 0.6) is 0 Å². The minimum Gasteiger partial charge on any atom is -0.467 e. The predicted molar refractivity (Wildman–Crippen MR) is 63.7 cm³/mol. The van der Waals surface area contributed by atoms with E-state index in [0.29, 0.717) is 0 Å². The zero-order valence-corrected chi connectivity index (χ0v) is 10.6. The largest absolute Gasteiger partial charge is 0.467 e. The average molecular weight is 241 g/mol. The Morgan fingerprint density at radius 2 is 2.35 bits per heavy atom. The van der Waals surface area contributed by atoms with E-state index in [9.17, 15) is 9.90 Å². The van der Waals surface area contributed by atoms with E-state index < -0.39 is 11.6 Å². The number of aromatic nitrogens is 2. The molecule has 0 fully saturated rings. The van der Waals surface area contributed by atoms with Crippen molar-refractivity contribution in [2.75, 3.05) is 19.0 Å². The molecule has 0 saturated heterocycles. The van der Waals surface area contributed by atoms with Crippen LogP contribution in [0.1, 0.15) is 19.5 Å². The maximum Gasteiger partial charge on any atom is 0.339 e. The molecule has 1 heterocycles. The Bertz CT molecular complexity index is 399. The fraction of sp³-hybridized carbons (Fsp3) is 0.636. The molecule has 0 spiro atoms. The number of carbonyl (C=O) groups excluding carboxylic acids is 1. The third-order valence-electron chi connectivity index (χ3n) is 2.49. The minimum absolute atomic E-state index is 0.0817. The van der Waals surface area contributed by atoms with Crippen LogP contribution in [0.25, 0.3) is 0 Å². The van der Waals surface area contributed by atoms with Crippen molar-refractivity contribution < 1.29 is 14.6 Å². The second-order valence-corrected chi connectivity index (χ2v) is 4.14. The summed E-state index contributed by atoms with van der Waals surface area (Å²) in [5, 5.41) is 17.1. The Labute approximate surface area is 101 Å². The molecule has 2 N–H and O–H groups in total. The van der Waals surface area contributed by atoms with E-state index in [1.807, 2.05) is 20.2 Å². The molecule has 1 aromatic heterocycles. The van der Waals surface area contributed by atoms with Crippen LogP contribution in [-0.2, 0) is 23.0 Å².